The van der Waals surface area contributed by atoms with Gasteiger partial charge in [0.05, 0.1) is 6.54 Å². The Morgan fingerprint density at radius 1 is 1.10 bits per heavy atom. The number of carbonyl (C=O) groups is 2. The molecule has 0 unspecified atom stereocenters. The van der Waals surface area contributed by atoms with Gasteiger partial charge in [-0.3, -0.25) is 9.59 Å². The molecule has 4 heteroatoms. The van der Waals surface area contributed by atoms with E-state index in [1.165, 1.54) is 5.56 Å². The van der Waals surface area contributed by atoms with Gasteiger partial charge in [0, 0.05) is 17.4 Å². The smallest absolute Gasteiger partial charge is 0.239 e. The van der Waals surface area contributed by atoms with Crippen LogP contribution < -0.4 is 10.6 Å². The molecule has 1 aliphatic carbocycles. The summed E-state index contributed by atoms with van der Waals surface area (Å²) < 4.78 is 0. The summed E-state index contributed by atoms with van der Waals surface area (Å²) in [6.07, 6.45) is 2.21. The van der Waals surface area contributed by atoms with Crippen molar-refractivity contribution >= 4 is 11.8 Å². The summed E-state index contributed by atoms with van der Waals surface area (Å²) in [6.45, 7) is 6.17. The van der Waals surface area contributed by atoms with Crippen LogP contribution in [0.4, 0.5) is 0 Å². The van der Waals surface area contributed by atoms with Gasteiger partial charge in [0.2, 0.25) is 11.8 Å². The Hall–Kier alpha value is -1.84. The Kier molecular flexibility index (Phi) is 4.35. The molecule has 1 aromatic rings. The molecule has 1 saturated carbocycles. The zero-order chi connectivity index (χ0) is 15.5. The fraction of sp³-hybridized carbons (Fsp3) is 0.529. The fourth-order valence-corrected chi connectivity index (χ4v) is 2.27. The highest BCUT2D eigenvalue weighted by atomic mass is 16.2. The van der Waals surface area contributed by atoms with Gasteiger partial charge in [-0.1, -0.05) is 51.1 Å². The molecule has 1 aromatic carbocycles. The van der Waals surface area contributed by atoms with E-state index in [0.717, 1.165) is 12.8 Å². The van der Waals surface area contributed by atoms with E-state index in [1.807, 2.05) is 39.0 Å². The molecule has 21 heavy (non-hydrogen) atoms. The molecule has 1 aliphatic rings. The van der Waals surface area contributed by atoms with Crippen LogP contribution in [0.5, 0.6) is 0 Å². The molecule has 0 aliphatic heterocycles. The molecule has 114 valence electrons. The van der Waals surface area contributed by atoms with E-state index in [-0.39, 0.29) is 23.8 Å². The predicted octanol–water partition coefficient (Wildman–Crippen LogP) is 2.00. The average Bonchev–Trinajstić information content (AvgIpc) is 3.23. The molecule has 2 amide bonds. The first-order valence-corrected chi connectivity index (χ1v) is 7.44. The quantitative estimate of drug-likeness (QED) is 0.870. The van der Waals surface area contributed by atoms with Crippen molar-refractivity contribution in [1.29, 1.82) is 0 Å². The highest BCUT2D eigenvalue weighted by Gasteiger charge is 2.44. The molecular weight excluding hydrogens is 264 g/mol. The van der Waals surface area contributed by atoms with Crippen molar-refractivity contribution in [3.63, 3.8) is 0 Å². The number of amides is 2. The van der Waals surface area contributed by atoms with Gasteiger partial charge in [0.15, 0.2) is 0 Å². The Labute approximate surface area is 126 Å². The number of rotatable bonds is 5. The minimum absolute atomic E-state index is 0.0426. The largest absolute Gasteiger partial charge is 0.354 e. The highest BCUT2D eigenvalue weighted by Crippen LogP contribution is 2.47. The first-order chi connectivity index (χ1) is 9.83. The monoisotopic (exact) mass is 288 g/mol. The van der Waals surface area contributed by atoms with E-state index in [4.69, 9.17) is 0 Å². The van der Waals surface area contributed by atoms with Crippen LogP contribution in [-0.2, 0) is 15.0 Å². The van der Waals surface area contributed by atoms with Gasteiger partial charge in [-0.15, -0.1) is 0 Å². The van der Waals surface area contributed by atoms with Crippen molar-refractivity contribution in [3.05, 3.63) is 35.9 Å². The first-order valence-electron chi connectivity index (χ1n) is 7.44. The van der Waals surface area contributed by atoms with Gasteiger partial charge in [-0.2, -0.15) is 0 Å². The summed E-state index contributed by atoms with van der Waals surface area (Å²) >= 11 is 0. The van der Waals surface area contributed by atoms with Crippen molar-refractivity contribution in [1.82, 2.24) is 10.6 Å². The maximum atomic E-state index is 11.9. The number of nitrogens with one attached hydrogen (secondary N) is 2. The van der Waals surface area contributed by atoms with Gasteiger partial charge in [-0.05, 0) is 18.4 Å². The first kappa shape index (κ1) is 15.5. The summed E-state index contributed by atoms with van der Waals surface area (Å²) in [5, 5.41) is 5.60. The molecule has 0 spiro atoms. The Balaban J connectivity index is 1.79. The standard InChI is InChI=1S/C17H24N2O2/c1-16(2,3)15(21)18-11-14(20)19-12-17(9-10-17)13-7-5-4-6-8-13/h4-8H,9-12H2,1-3H3,(H,18,21)(H,19,20). The van der Waals surface area contributed by atoms with Crippen molar-refractivity contribution in [2.75, 3.05) is 13.1 Å². The van der Waals surface area contributed by atoms with Crippen molar-refractivity contribution < 1.29 is 9.59 Å². The summed E-state index contributed by atoms with van der Waals surface area (Å²) in [4.78, 5) is 23.6. The molecule has 2 N–H and O–H groups in total. The maximum Gasteiger partial charge on any atom is 0.239 e. The third-order valence-electron chi connectivity index (χ3n) is 3.95. The van der Waals surface area contributed by atoms with Gasteiger partial charge >= 0.3 is 0 Å². The van der Waals surface area contributed by atoms with E-state index < -0.39 is 5.41 Å². The Morgan fingerprint density at radius 2 is 1.71 bits per heavy atom. The average molecular weight is 288 g/mol. The van der Waals surface area contributed by atoms with Crippen LogP contribution in [0.25, 0.3) is 0 Å². The van der Waals surface area contributed by atoms with Crippen LogP contribution in [0.2, 0.25) is 0 Å². The molecule has 1 fully saturated rings. The molecule has 4 nitrogen and oxygen atoms in total. The van der Waals surface area contributed by atoms with E-state index in [1.54, 1.807) is 0 Å². The molecule has 0 heterocycles. The predicted molar refractivity (Wildman–Crippen MR) is 82.8 cm³/mol. The topological polar surface area (TPSA) is 58.2 Å². The van der Waals surface area contributed by atoms with Crippen LogP contribution in [0.15, 0.2) is 30.3 Å². The fourth-order valence-electron chi connectivity index (χ4n) is 2.27. The van der Waals surface area contributed by atoms with E-state index in [0.29, 0.717) is 6.54 Å². The Bertz CT molecular complexity index is 513. The summed E-state index contributed by atoms with van der Waals surface area (Å²) in [5.74, 6) is -0.239. The lowest BCUT2D eigenvalue weighted by Crippen LogP contribution is -2.43. The Morgan fingerprint density at radius 3 is 2.24 bits per heavy atom. The molecule has 2 rings (SSSR count). The van der Waals surface area contributed by atoms with E-state index in [2.05, 4.69) is 22.8 Å². The zero-order valence-corrected chi connectivity index (χ0v) is 13.0. The second kappa shape index (κ2) is 5.88. The van der Waals surface area contributed by atoms with Crippen LogP contribution in [0.3, 0.4) is 0 Å². The van der Waals surface area contributed by atoms with Gasteiger partial charge < -0.3 is 10.6 Å². The van der Waals surface area contributed by atoms with Crippen LogP contribution in [0.1, 0.15) is 39.2 Å². The highest BCUT2D eigenvalue weighted by molar-refractivity contribution is 5.87. The number of hydrogen-bond donors (Lipinski definition) is 2. The molecule has 0 bridgehead atoms. The molecule has 0 radical (unpaired) electrons. The van der Waals surface area contributed by atoms with Crippen molar-refractivity contribution in [2.24, 2.45) is 5.41 Å². The van der Waals surface area contributed by atoms with Gasteiger partial charge in [0.1, 0.15) is 0 Å². The summed E-state index contributed by atoms with van der Waals surface area (Å²) in [7, 11) is 0. The molecule has 0 aromatic heterocycles. The molecular formula is C17H24N2O2. The maximum absolute atomic E-state index is 11.9. The molecule has 0 saturated heterocycles. The van der Waals surface area contributed by atoms with E-state index >= 15 is 0 Å². The van der Waals surface area contributed by atoms with Crippen LogP contribution >= 0.6 is 0 Å². The second-order valence-electron chi connectivity index (χ2n) is 6.86. The summed E-state index contributed by atoms with van der Waals surface area (Å²) in [6, 6.07) is 10.3. The molecule has 0 atom stereocenters. The minimum Gasteiger partial charge on any atom is -0.354 e. The third kappa shape index (κ3) is 4.06. The summed E-state index contributed by atoms with van der Waals surface area (Å²) in [5.41, 5.74) is 0.913. The lowest BCUT2D eigenvalue weighted by molar-refractivity contribution is -0.131. The third-order valence-corrected chi connectivity index (χ3v) is 3.95. The number of carbonyl (C=O) groups excluding carboxylic acids is 2. The lowest BCUT2D eigenvalue weighted by atomic mass is 9.95. The second-order valence-corrected chi connectivity index (χ2v) is 6.86. The lowest BCUT2D eigenvalue weighted by Gasteiger charge is -2.19. The van der Waals surface area contributed by atoms with Crippen LogP contribution in [0, 0.1) is 5.41 Å². The van der Waals surface area contributed by atoms with Crippen molar-refractivity contribution in [2.45, 2.75) is 39.0 Å². The zero-order valence-electron chi connectivity index (χ0n) is 13.0. The van der Waals surface area contributed by atoms with Gasteiger partial charge in [0.25, 0.3) is 0 Å². The van der Waals surface area contributed by atoms with Gasteiger partial charge in [-0.25, -0.2) is 0 Å². The van der Waals surface area contributed by atoms with Crippen molar-refractivity contribution in [3.8, 4) is 0 Å². The SMILES string of the molecule is CC(C)(C)C(=O)NCC(=O)NCC1(c2ccccc2)CC1. The minimum atomic E-state index is -0.470. The van der Waals surface area contributed by atoms with Crippen LogP contribution in [-0.4, -0.2) is 24.9 Å². The normalized spacial score (nSPS) is 16.1. The van der Waals surface area contributed by atoms with E-state index in [9.17, 15) is 9.59 Å². The number of hydrogen-bond acceptors (Lipinski definition) is 2. The number of benzene rings is 1.